The van der Waals surface area contributed by atoms with Gasteiger partial charge in [0, 0.05) is 22.8 Å². The van der Waals surface area contributed by atoms with Gasteiger partial charge in [0.05, 0.1) is 26.1 Å². The molecule has 37 heavy (non-hydrogen) atoms. The number of ether oxygens (including phenoxy) is 3. The molecule has 0 spiro atoms. The normalized spacial score (nSPS) is 18.6. The first-order valence-electron chi connectivity index (χ1n) is 13.4. The van der Waals surface area contributed by atoms with Crippen LogP contribution in [-0.2, 0) is 49.5 Å². The maximum atomic E-state index is 12.5. The SMILES string of the molecule is CCc1cc2c([nH]1)CCCC2C(=O)OC.CCc1cc2c(n1C(=O)OC(C)(C)C)CCCC2C(=O)OC. The summed E-state index contributed by atoms with van der Waals surface area (Å²) >= 11 is 0. The average molecular weight is 515 g/mol. The Morgan fingerprint density at radius 1 is 0.919 bits per heavy atom. The molecule has 0 saturated heterocycles. The summed E-state index contributed by atoms with van der Waals surface area (Å²) in [6.45, 7) is 9.66. The maximum Gasteiger partial charge on any atom is 0.418 e. The van der Waals surface area contributed by atoms with Crippen molar-refractivity contribution in [1.29, 1.82) is 0 Å². The monoisotopic (exact) mass is 514 g/mol. The number of methoxy groups -OCH3 is 2. The number of aromatic nitrogens is 2. The molecule has 204 valence electrons. The number of rotatable bonds is 4. The van der Waals surface area contributed by atoms with Crippen LogP contribution in [0.3, 0.4) is 0 Å². The van der Waals surface area contributed by atoms with Gasteiger partial charge in [-0.05, 0) is 95.4 Å². The number of nitrogens with zero attached hydrogens (tertiary/aromatic N) is 1. The predicted octanol–water partition coefficient (Wildman–Crippen LogP) is 5.60. The van der Waals surface area contributed by atoms with Crippen LogP contribution in [0.2, 0.25) is 0 Å². The van der Waals surface area contributed by atoms with Gasteiger partial charge in [-0.1, -0.05) is 13.8 Å². The minimum atomic E-state index is -0.546. The van der Waals surface area contributed by atoms with E-state index in [1.165, 1.54) is 25.6 Å². The van der Waals surface area contributed by atoms with Gasteiger partial charge in [-0.3, -0.25) is 14.2 Å². The summed E-state index contributed by atoms with van der Waals surface area (Å²) in [7, 11) is 2.87. The van der Waals surface area contributed by atoms with Crippen LogP contribution in [-0.4, -0.2) is 47.4 Å². The number of fused-ring (bicyclic) bond motifs is 2. The van der Waals surface area contributed by atoms with E-state index in [1.807, 2.05) is 33.8 Å². The molecule has 2 heterocycles. The van der Waals surface area contributed by atoms with Crippen LogP contribution in [0.1, 0.15) is 106 Å². The first-order chi connectivity index (χ1) is 17.5. The first-order valence-corrected chi connectivity index (χ1v) is 13.4. The molecule has 8 heteroatoms. The Kier molecular flexibility index (Phi) is 9.26. The fourth-order valence-corrected chi connectivity index (χ4v) is 5.31. The smallest absolute Gasteiger partial charge is 0.418 e. The van der Waals surface area contributed by atoms with Crippen molar-refractivity contribution in [3.05, 3.63) is 46.0 Å². The van der Waals surface area contributed by atoms with Crippen molar-refractivity contribution in [3.8, 4) is 0 Å². The van der Waals surface area contributed by atoms with Crippen molar-refractivity contribution >= 4 is 18.0 Å². The van der Waals surface area contributed by atoms with Gasteiger partial charge in [0.2, 0.25) is 0 Å². The Labute approximate surface area is 220 Å². The highest BCUT2D eigenvalue weighted by Crippen LogP contribution is 2.36. The second-order valence-electron chi connectivity index (χ2n) is 10.7. The zero-order chi connectivity index (χ0) is 27.3. The number of H-pyrrole nitrogens is 1. The third-order valence-electron chi connectivity index (χ3n) is 7.07. The summed E-state index contributed by atoms with van der Waals surface area (Å²) in [5, 5.41) is 0. The molecular weight excluding hydrogens is 472 g/mol. The van der Waals surface area contributed by atoms with Gasteiger partial charge in [-0.2, -0.15) is 0 Å². The Morgan fingerprint density at radius 3 is 2.05 bits per heavy atom. The molecule has 0 bridgehead atoms. The van der Waals surface area contributed by atoms with Gasteiger partial charge < -0.3 is 19.2 Å². The minimum Gasteiger partial charge on any atom is -0.469 e. The van der Waals surface area contributed by atoms with Crippen molar-refractivity contribution in [2.45, 2.75) is 103 Å². The van der Waals surface area contributed by atoms with Crippen molar-refractivity contribution < 1.29 is 28.6 Å². The number of carbonyl (C=O) groups is 3. The van der Waals surface area contributed by atoms with Crippen molar-refractivity contribution in [1.82, 2.24) is 9.55 Å². The van der Waals surface area contributed by atoms with Crippen LogP contribution in [0.5, 0.6) is 0 Å². The van der Waals surface area contributed by atoms with Crippen LogP contribution < -0.4 is 0 Å². The lowest BCUT2D eigenvalue weighted by atomic mass is 9.87. The van der Waals surface area contributed by atoms with E-state index in [0.29, 0.717) is 6.42 Å². The van der Waals surface area contributed by atoms with Crippen molar-refractivity contribution in [2.75, 3.05) is 14.2 Å². The summed E-state index contributed by atoms with van der Waals surface area (Å²) in [5.74, 6) is -0.652. The summed E-state index contributed by atoms with van der Waals surface area (Å²) in [4.78, 5) is 39.5. The van der Waals surface area contributed by atoms with E-state index in [2.05, 4.69) is 18.0 Å². The largest absolute Gasteiger partial charge is 0.469 e. The number of carbonyl (C=O) groups excluding carboxylic acids is 3. The molecular formula is C29H42N2O6. The van der Waals surface area contributed by atoms with Crippen molar-refractivity contribution in [3.63, 3.8) is 0 Å². The lowest BCUT2D eigenvalue weighted by molar-refractivity contribution is -0.143. The minimum absolute atomic E-state index is 0.0460. The van der Waals surface area contributed by atoms with Gasteiger partial charge in [0.15, 0.2) is 0 Å². The summed E-state index contributed by atoms with van der Waals surface area (Å²) in [5.41, 5.74) is 5.76. The molecule has 2 aromatic heterocycles. The number of hydrogen-bond acceptors (Lipinski definition) is 6. The molecule has 2 atom stereocenters. The quantitative estimate of drug-likeness (QED) is 0.421. The highest BCUT2D eigenvalue weighted by atomic mass is 16.6. The van der Waals surface area contributed by atoms with Crippen LogP contribution in [0.25, 0.3) is 0 Å². The van der Waals surface area contributed by atoms with Gasteiger partial charge in [0.25, 0.3) is 0 Å². The third kappa shape index (κ3) is 6.46. The van der Waals surface area contributed by atoms with Gasteiger partial charge >= 0.3 is 18.0 Å². The van der Waals surface area contributed by atoms with Crippen LogP contribution >= 0.6 is 0 Å². The van der Waals surface area contributed by atoms with Gasteiger partial charge in [-0.25, -0.2) is 4.79 Å². The molecule has 2 aliphatic carbocycles. The average Bonchev–Trinajstić information content (AvgIpc) is 3.48. The van der Waals surface area contributed by atoms with Crippen LogP contribution in [0.4, 0.5) is 4.79 Å². The maximum absolute atomic E-state index is 12.5. The molecule has 0 saturated carbocycles. The fraction of sp³-hybridized carbons (Fsp3) is 0.621. The lowest BCUT2D eigenvalue weighted by Crippen LogP contribution is -2.30. The number of aryl methyl sites for hydroxylation is 3. The van der Waals surface area contributed by atoms with E-state index in [-0.39, 0.29) is 29.9 Å². The third-order valence-corrected chi connectivity index (χ3v) is 7.07. The van der Waals surface area contributed by atoms with Crippen molar-refractivity contribution in [2.24, 2.45) is 0 Å². The molecule has 1 N–H and O–H groups in total. The summed E-state index contributed by atoms with van der Waals surface area (Å²) in [6.07, 6.45) is 6.78. The molecule has 0 aromatic carbocycles. The van der Waals surface area contributed by atoms with E-state index in [1.54, 1.807) is 4.57 Å². The number of esters is 2. The number of nitrogens with one attached hydrogen (secondary N) is 1. The molecule has 4 rings (SSSR count). The summed E-state index contributed by atoms with van der Waals surface area (Å²) in [6, 6.07) is 4.08. The highest BCUT2D eigenvalue weighted by molar-refractivity contribution is 5.81. The number of hydrogen-bond donors (Lipinski definition) is 1. The molecule has 2 aromatic rings. The predicted molar refractivity (Wildman–Crippen MR) is 141 cm³/mol. The summed E-state index contributed by atoms with van der Waals surface area (Å²) < 4.78 is 16.9. The highest BCUT2D eigenvalue weighted by Gasteiger charge is 2.33. The molecule has 2 aliphatic rings. The first kappa shape index (κ1) is 28.5. The van der Waals surface area contributed by atoms with E-state index in [4.69, 9.17) is 14.2 Å². The Bertz CT molecular complexity index is 1120. The second kappa shape index (κ2) is 12.0. The van der Waals surface area contributed by atoms with E-state index in [9.17, 15) is 14.4 Å². The van der Waals surface area contributed by atoms with E-state index >= 15 is 0 Å². The van der Waals surface area contributed by atoms with Gasteiger partial charge in [-0.15, -0.1) is 0 Å². The molecule has 0 aliphatic heterocycles. The number of aromatic amines is 1. The zero-order valence-corrected chi connectivity index (χ0v) is 23.4. The molecule has 2 unspecified atom stereocenters. The van der Waals surface area contributed by atoms with E-state index in [0.717, 1.165) is 67.5 Å². The molecule has 8 nitrogen and oxygen atoms in total. The lowest BCUT2D eigenvalue weighted by Gasteiger charge is -2.24. The molecule has 0 fully saturated rings. The topological polar surface area (TPSA) is 99.6 Å². The fourth-order valence-electron chi connectivity index (χ4n) is 5.31. The van der Waals surface area contributed by atoms with Gasteiger partial charge in [0.1, 0.15) is 5.60 Å². The Morgan fingerprint density at radius 2 is 1.51 bits per heavy atom. The Balaban J connectivity index is 0.000000220. The second-order valence-corrected chi connectivity index (χ2v) is 10.7. The Hall–Kier alpha value is -3.03. The molecule has 0 amide bonds. The van der Waals surface area contributed by atoms with Crippen LogP contribution in [0, 0.1) is 0 Å². The molecule has 0 radical (unpaired) electrons. The van der Waals surface area contributed by atoms with E-state index < -0.39 is 5.60 Å². The zero-order valence-electron chi connectivity index (χ0n) is 23.4. The van der Waals surface area contributed by atoms with Crippen LogP contribution in [0.15, 0.2) is 12.1 Å². The standard InChI is InChI=1S/C17H25NO4.C12H17NO2/c1-6-11-10-13-12(15(19)21-5)8-7-9-14(13)18(11)16(20)22-17(2,3)4;1-3-8-7-10-9(12(14)15-2)5-4-6-11(10)13-8/h10,12H,6-9H2,1-5H3;7,9,13H,3-6H2,1-2H3.